The van der Waals surface area contributed by atoms with Gasteiger partial charge in [-0.25, -0.2) is 9.97 Å². The zero-order valence-corrected chi connectivity index (χ0v) is 10.7. The standard InChI is InChI=1S/C14H10ClN3O/c15-14-10(4-3-7-16-14)9-18-12-6-2-1-5-11(12)17-8-13(18)19/h1-8H,9H2. The molecule has 4 nitrogen and oxygen atoms in total. The summed E-state index contributed by atoms with van der Waals surface area (Å²) in [6.07, 6.45) is 2.95. The normalized spacial score (nSPS) is 10.8. The van der Waals surface area contributed by atoms with Crippen molar-refractivity contribution in [2.24, 2.45) is 0 Å². The highest BCUT2D eigenvalue weighted by molar-refractivity contribution is 6.30. The fraction of sp³-hybridized carbons (Fsp3) is 0.0714. The van der Waals surface area contributed by atoms with Crippen LogP contribution < -0.4 is 5.56 Å². The first-order chi connectivity index (χ1) is 9.25. The first kappa shape index (κ1) is 11.9. The fourth-order valence-electron chi connectivity index (χ4n) is 1.99. The average Bonchev–Trinajstić information content (AvgIpc) is 2.44. The number of aromatic nitrogens is 3. The molecule has 0 aliphatic carbocycles. The fourth-order valence-corrected chi connectivity index (χ4v) is 2.16. The van der Waals surface area contributed by atoms with Crippen molar-refractivity contribution < 1.29 is 0 Å². The summed E-state index contributed by atoms with van der Waals surface area (Å²) in [5, 5.41) is 0.412. The van der Waals surface area contributed by atoms with Gasteiger partial charge in [0.1, 0.15) is 5.15 Å². The van der Waals surface area contributed by atoms with Gasteiger partial charge in [0, 0.05) is 11.8 Å². The Morgan fingerprint density at radius 1 is 1.11 bits per heavy atom. The van der Waals surface area contributed by atoms with Crippen molar-refractivity contribution in [3.8, 4) is 0 Å². The maximum atomic E-state index is 12.0. The van der Waals surface area contributed by atoms with Gasteiger partial charge in [0.15, 0.2) is 0 Å². The third kappa shape index (κ3) is 2.22. The van der Waals surface area contributed by atoms with E-state index in [4.69, 9.17) is 11.6 Å². The Bertz CT molecular complexity index is 798. The van der Waals surface area contributed by atoms with Crippen LogP contribution in [0.4, 0.5) is 0 Å². The summed E-state index contributed by atoms with van der Waals surface area (Å²) in [5.41, 5.74) is 2.22. The highest BCUT2D eigenvalue weighted by Crippen LogP contribution is 2.15. The van der Waals surface area contributed by atoms with Gasteiger partial charge in [0.05, 0.1) is 23.8 Å². The largest absolute Gasteiger partial charge is 0.301 e. The monoisotopic (exact) mass is 271 g/mol. The van der Waals surface area contributed by atoms with Crippen LogP contribution >= 0.6 is 11.6 Å². The molecule has 0 saturated heterocycles. The lowest BCUT2D eigenvalue weighted by Crippen LogP contribution is -2.21. The second-order valence-electron chi connectivity index (χ2n) is 4.12. The molecule has 2 aromatic heterocycles. The summed E-state index contributed by atoms with van der Waals surface area (Å²) >= 11 is 6.04. The van der Waals surface area contributed by atoms with Crippen LogP contribution in [0.15, 0.2) is 53.6 Å². The van der Waals surface area contributed by atoms with Crippen molar-refractivity contribution in [1.29, 1.82) is 0 Å². The van der Waals surface area contributed by atoms with Gasteiger partial charge in [0.2, 0.25) is 0 Å². The molecular formula is C14H10ClN3O. The Morgan fingerprint density at radius 3 is 2.79 bits per heavy atom. The highest BCUT2D eigenvalue weighted by atomic mass is 35.5. The van der Waals surface area contributed by atoms with Crippen LogP contribution in [-0.4, -0.2) is 14.5 Å². The summed E-state index contributed by atoms with van der Waals surface area (Å²) in [7, 11) is 0. The van der Waals surface area contributed by atoms with Crippen LogP contribution in [0.3, 0.4) is 0 Å². The molecule has 0 unspecified atom stereocenters. The van der Waals surface area contributed by atoms with E-state index in [9.17, 15) is 4.79 Å². The Hall–Kier alpha value is -2.20. The summed E-state index contributed by atoms with van der Waals surface area (Å²) in [4.78, 5) is 20.1. The molecule has 0 saturated carbocycles. The SMILES string of the molecule is O=c1cnc2ccccc2n1Cc1cccnc1Cl. The maximum Gasteiger partial charge on any atom is 0.269 e. The van der Waals surface area contributed by atoms with Crippen molar-refractivity contribution >= 4 is 22.6 Å². The number of rotatable bonds is 2. The molecule has 19 heavy (non-hydrogen) atoms. The molecule has 0 aliphatic heterocycles. The molecule has 2 heterocycles. The van der Waals surface area contributed by atoms with Crippen molar-refractivity contribution in [2.45, 2.75) is 6.54 Å². The van der Waals surface area contributed by atoms with Gasteiger partial charge in [-0.05, 0) is 18.2 Å². The molecule has 0 aliphatic rings. The van der Waals surface area contributed by atoms with E-state index in [1.54, 1.807) is 16.8 Å². The smallest absolute Gasteiger partial charge is 0.269 e. The Balaban J connectivity index is 2.18. The molecular weight excluding hydrogens is 262 g/mol. The lowest BCUT2D eigenvalue weighted by atomic mass is 10.2. The van der Waals surface area contributed by atoms with Crippen LogP contribution in [0.25, 0.3) is 11.0 Å². The third-order valence-corrected chi connectivity index (χ3v) is 3.26. The van der Waals surface area contributed by atoms with Crippen molar-refractivity contribution in [3.63, 3.8) is 0 Å². The minimum Gasteiger partial charge on any atom is -0.301 e. The van der Waals surface area contributed by atoms with E-state index in [-0.39, 0.29) is 5.56 Å². The molecule has 0 spiro atoms. The highest BCUT2D eigenvalue weighted by Gasteiger charge is 2.07. The van der Waals surface area contributed by atoms with Crippen molar-refractivity contribution in [3.05, 3.63) is 69.9 Å². The van der Waals surface area contributed by atoms with E-state index in [0.717, 1.165) is 16.6 Å². The van der Waals surface area contributed by atoms with E-state index in [1.165, 1.54) is 6.20 Å². The lowest BCUT2D eigenvalue weighted by Gasteiger charge is -2.10. The molecule has 94 valence electrons. The van der Waals surface area contributed by atoms with Crippen molar-refractivity contribution in [2.75, 3.05) is 0 Å². The van der Waals surface area contributed by atoms with Gasteiger partial charge < -0.3 is 4.57 Å². The van der Waals surface area contributed by atoms with E-state index < -0.39 is 0 Å². The maximum absolute atomic E-state index is 12.0. The molecule has 3 rings (SSSR count). The van der Waals surface area contributed by atoms with E-state index in [0.29, 0.717) is 11.7 Å². The molecule has 0 radical (unpaired) electrons. The molecule has 5 heteroatoms. The molecule has 0 atom stereocenters. The van der Waals surface area contributed by atoms with Crippen LogP contribution in [0, 0.1) is 0 Å². The number of hydrogen-bond acceptors (Lipinski definition) is 3. The van der Waals surface area contributed by atoms with E-state index >= 15 is 0 Å². The minimum atomic E-state index is -0.154. The summed E-state index contributed by atoms with van der Waals surface area (Å²) in [6, 6.07) is 11.2. The number of benzene rings is 1. The van der Waals surface area contributed by atoms with Crippen LogP contribution in [0.1, 0.15) is 5.56 Å². The second kappa shape index (κ2) is 4.82. The second-order valence-corrected chi connectivity index (χ2v) is 4.48. The topological polar surface area (TPSA) is 47.8 Å². The lowest BCUT2D eigenvalue weighted by molar-refractivity contribution is 0.783. The predicted molar refractivity (Wildman–Crippen MR) is 74.4 cm³/mol. The first-order valence-corrected chi connectivity index (χ1v) is 6.17. The summed E-state index contributed by atoms with van der Waals surface area (Å²) in [5.74, 6) is 0. The van der Waals surface area contributed by atoms with Crippen molar-refractivity contribution in [1.82, 2.24) is 14.5 Å². The minimum absolute atomic E-state index is 0.154. The number of hydrogen-bond donors (Lipinski definition) is 0. The Labute approximate surface area is 114 Å². The number of pyridine rings is 1. The average molecular weight is 272 g/mol. The summed E-state index contributed by atoms with van der Waals surface area (Å²) in [6.45, 7) is 0.383. The summed E-state index contributed by atoms with van der Waals surface area (Å²) < 4.78 is 1.64. The van der Waals surface area contributed by atoms with Gasteiger partial charge in [0.25, 0.3) is 5.56 Å². The number of halogens is 1. The van der Waals surface area contributed by atoms with E-state index in [2.05, 4.69) is 9.97 Å². The molecule has 0 amide bonds. The first-order valence-electron chi connectivity index (χ1n) is 5.80. The number of nitrogens with zero attached hydrogens (tertiary/aromatic N) is 3. The van der Waals surface area contributed by atoms with E-state index in [1.807, 2.05) is 30.3 Å². The van der Waals surface area contributed by atoms with Crippen LogP contribution in [-0.2, 0) is 6.54 Å². The van der Waals surface area contributed by atoms with Crippen LogP contribution in [0.5, 0.6) is 0 Å². The zero-order valence-electron chi connectivity index (χ0n) is 9.95. The molecule has 1 aromatic carbocycles. The molecule has 3 aromatic rings. The van der Waals surface area contributed by atoms with Gasteiger partial charge in [-0.1, -0.05) is 29.8 Å². The quantitative estimate of drug-likeness (QED) is 0.673. The van der Waals surface area contributed by atoms with Gasteiger partial charge in [-0.15, -0.1) is 0 Å². The zero-order chi connectivity index (χ0) is 13.2. The van der Waals surface area contributed by atoms with Crippen LogP contribution in [0.2, 0.25) is 5.15 Å². The number of fused-ring (bicyclic) bond motifs is 1. The van der Waals surface area contributed by atoms with Gasteiger partial charge in [-0.3, -0.25) is 4.79 Å². The van der Waals surface area contributed by atoms with Gasteiger partial charge >= 0.3 is 0 Å². The van der Waals surface area contributed by atoms with Gasteiger partial charge in [-0.2, -0.15) is 0 Å². The molecule has 0 N–H and O–H groups in total. The molecule has 0 bridgehead atoms. The predicted octanol–water partition coefficient (Wildman–Crippen LogP) is 2.49. The molecule has 0 fully saturated rings. The third-order valence-electron chi connectivity index (χ3n) is 2.92. The Morgan fingerprint density at radius 2 is 1.95 bits per heavy atom. The Kier molecular flexibility index (Phi) is 3.01. The number of para-hydroxylation sites is 2.